The zero-order valence-electron chi connectivity index (χ0n) is 20.6. The number of fused-ring (bicyclic) bond motifs is 5. The van der Waals surface area contributed by atoms with E-state index in [-0.39, 0.29) is 22.9 Å². The van der Waals surface area contributed by atoms with E-state index in [2.05, 4.69) is 27.7 Å². The van der Waals surface area contributed by atoms with Crippen LogP contribution in [0.5, 0.6) is 0 Å². The molecule has 0 radical (unpaired) electrons. The maximum atomic E-state index is 11.9. The molecule has 6 heteroatoms. The van der Waals surface area contributed by atoms with Crippen molar-refractivity contribution in [1.29, 1.82) is 0 Å². The highest BCUT2D eigenvalue weighted by atomic mass is 16.5. The van der Waals surface area contributed by atoms with Crippen LogP contribution in [0.25, 0.3) is 0 Å². The predicted octanol–water partition coefficient (Wildman–Crippen LogP) is 3.82. The minimum atomic E-state index is -0.703. The highest BCUT2D eigenvalue weighted by molar-refractivity contribution is 5.64. The first kappa shape index (κ1) is 24.3. The molecular weight excluding hydrogens is 404 g/mol. The SMILES string of the molecule is CC[C@H]1[C@@H](O)C2(N)[C@H](CC[C@]3(C)[C@@H]([C@H](C)CCOC(N)=O)CC[C@@H]23)[C@@]2(C)CC[C@@H](O)C[C@@H]12. The van der Waals surface area contributed by atoms with Crippen molar-refractivity contribution in [3.63, 3.8) is 0 Å². The van der Waals surface area contributed by atoms with Gasteiger partial charge in [0.1, 0.15) is 0 Å². The molecule has 1 unspecified atom stereocenters. The number of hydrogen-bond acceptors (Lipinski definition) is 5. The van der Waals surface area contributed by atoms with E-state index in [1.807, 2.05) is 0 Å². The van der Waals surface area contributed by atoms with Gasteiger partial charge in [-0.3, -0.25) is 0 Å². The van der Waals surface area contributed by atoms with Gasteiger partial charge in [0.25, 0.3) is 0 Å². The van der Waals surface area contributed by atoms with Crippen LogP contribution in [0.3, 0.4) is 0 Å². The topological polar surface area (TPSA) is 119 Å². The summed E-state index contributed by atoms with van der Waals surface area (Å²) in [4.78, 5) is 11.0. The van der Waals surface area contributed by atoms with Gasteiger partial charge < -0.3 is 26.4 Å². The average Bonchev–Trinajstić information content (AvgIpc) is 3.08. The average molecular weight is 451 g/mol. The van der Waals surface area contributed by atoms with Crippen LogP contribution in [-0.2, 0) is 4.74 Å². The van der Waals surface area contributed by atoms with Crippen LogP contribution < -0.4 is 11.5 Å². The van der Waals surface area contributed by atoms with Crippen LogP contribution in [0.15, 0.2) is 0 Å². The second-order valence-electron chi connectivity index (χ2n) is 12.3. The van der Waals surface area contributed by atoms with Gasteiger partial charge in [-0.25, -0.2) is 4.79 Å². The van der Waals surface area contributed by atoms with E-state index in [1.165, 1.54) is 0 Å². The largest absolute Gasteiger partial charge is 0.450 e. The third-order valence-electron chi connectivity index (χ3n) is 11.2. The Morgan fingerprint density at radius 1 is 1.09 bits per heavy atom. The summed E-state index contributed by atoms with van der Waals surface area (Å²) in [6.07, 6.45) is 7.31. The Morgan fingerprint density at radius 2 is 1.75 bits per heavy atom. The standard InChI is InChI=1S/C26H46N2O4/c1-5-17-19-14-16(29)8-11-25(19,4)21-9-12-24(3)18(15(2)10-13-32-23(27)31)6-7-20(24)26(21,28)22(17)30/h15-22,29-30H,5-14,28H2,1-4H3,(H2,27,31)/t15-,16-,17-,18-,19+,20-,21-,22-,24-,25+,26?/m1/s1. The van der Waals surface area contributed by atoms with Crippen molar-refractivity contribution in [2.75, 3.05) is 6.61 Å². The zero-order valence-corrected chi connectivity index (χ0v) is 20.6. The van der Waals surface area contributed by atoms with Gasteiger partial charge in [0.05, 0.1) is 18.8 Å². The lowest BCUT2D eigenvalue weighted by atomic mass is 9.38. The Labute approximate surface area is 193 Å². The number of primary amides is 1. The number of nitrogens with two attached hydrogens (primary N) is 2. The summed E-state index contributed by atoms with van der Waals surface area (Å²) in [5.41, 5.74) is 12.2. The van der Waals surface area contributed by atoms with Crippen molar-refractivity contribution in [1.82, 2.24) is 0 Å². The molecule has 0 aromatic rings. The summed E-state index contributed by atoms with van der Waals surface area (Å²) in [6, 6.07) is 0. The van der Waals surface area contributed by atoms with Gasteiger partial charge in [-0.1, -0.05) is 34.1 Å². The fourth-order valence-electron chi connectivity index (χ4n) is 9.73. The molecule has 4 saturated carbocycles. The minimum Gasteiger partial charge on any atom is -0.450 e. The molecule has 0 aromatic heterocycles. The highest BCUT2D eigenvalue weighted by Crippen LogP contribution is 2.70. The summed E-state index contributed by atoms with van der Waals surface area (Å²) in [7, 11) is 0. The van der Waals surface area contributed by atoms with Gasteiger partial charge >= 0.3 is 6.09 Å². The number of hydrogen-bond donors (Lipinski definition) is 4. The third-order valence-corrected chi connectivity index (χ3v) is 11.2. The Morgan fingerprint density at radius 3 is 2.41 bits per heavy atom. The van der Waals surface area contributed by atoms with Crippen molar-refractivity contribution < 1.29 is 19.7 Å². The van der Waals surface area contributed by atoms with Gasteiger partial charge in [-0.05, 0) is 97.7 Å². The fraction of sp³-hybridized carbons (Fsp3) is 0.962. The molecule has 4 fully saturated rings. The smallest absolute Gasteiger partial charge is 0.404 e. The van der Waals surface area contributed by atoms with Crippen molar-refractivity contribution in [3.05, 3.63) is 0 Å². The molecular formula is C26H46N2O4. The molecule has 0 spiro atoms. The number of rotatable bonds is 5. The Kier molecular flexibility index (Phi) is 6.39. The molecule has 0 aromatic carbocycles. The number of amides is 1. The molecule has 11 atom stereocenters. The van der Waals surface area contributed by atoms with Gasteiger partial charge in [-0.15, -0.1) is 0 Å². The van der Waals surface area contributed by atoms with E-state index in [1.54, 1.807) is 0 Å². The van der Waals surface area contributed by atoms with Crippen molar-refractivity contribution in [2.24, 2.45) is 57.8 Å². The van der Waals surface area contributed by atoms with Crippen molar-refractivity contribution in [3.8, 4) is 0 Å². The number of ether oxygens (including phenoxy) is 1. The molecule has 0 aliphatic heterocycles. The quantitative estimate of drug-likeness (QED) is 0.508. The molecule has 32 heavy (non-hydrogen) atoms. The number of aliphatic hydroxyl groups is 2. The van der Waals surface area contributed by atoms with Crippen LogP contribution >= 0.6 is 0 Å². The number of carbonyl (C=O) groups is 1. The lowest BCUT2D eigenvalue weighted by Gasteiger charge is -2.69. The van der Waals surface area contributed by atoms with E-state index in [9.17, 15) is 15.0 Å². The van der Waals surface area contributed by atoms with E-state index in [4.69, 9.17) is 16.2 Å². The first-order valence-corrected chi connectivity index (χ1v) is 13.1. The predicted molar refractivity (Wildman–Crippen MR) is 125 cm³/mol. The van der Waals surface area contributed by atoms with Crippen LogP contribution in [0.1, 0.15) is 85.5 Å². The van der Waals surface area contributed by atoms with Gasteiger partial charge in [0.2, 0.25) is 0 Å². The van der Waals surface area contributed by atoms with Crippen LogP contribution in [0.4, 0.5) is 4.79 Å². The molecule has 0 bridgehead atoms. The monoisotopic (exact) mass is 450 g/mol. The summed E-state index contributed by atoms with van der Waals surface area (Å²) >= 11 is 0. The highest BCUT2D eigenvalue weighted by Gasteiger charge is 2.70. The van der Waals surface area contributed by atoms with Crippen LogP contribution in [-0.4, -0.2) is 40.7 Å². The molecule has 0 heterocycles. The zero-order chi connectivity index (χ0) is 23.5. The van der Waals surface area contributed by atoms with E-state index in [0.717, 1.165) is 57.8 Å². The molecule has 4 aliphatic carbocycles. The second kappa shape index (κ2) is 8.42. The molecule has 4 aliphatic rings. The summed E-state index contributed by atoms with van der Waals surface area (Å²) in [5, 5.41) is 22.3. The number of carbonyl (C=O) groups excluding carboxylic acids is 1. The maximum absolute atomic E-state index is 11.9. The third kappa shape index (κ3) is 3.42. The first-order valence-electron chi connectivity index (χ1n) is 13.1. The van der Waals surface area contributed by atoms with Crippen LogP contribution in [0, 0.1) is 46.3 Å². The molecule has 0 saturated heterocycles. The van der Waals surface area contributed by atoms with E-state index in [0.29, 0.717) is 36.2 Å². The van der Waals surface area contributed by atoms with Gasteiger partial charge in [0.15, 0.2) is 0 Å². The lowest BCUT2D eigenvalue weighted by Crippen LogP contribution is -2.76. The second-order valence-corrected chi connectivity index (χ2v) is 12.3. The minimum absolute atomic E-state index is 0.0913. The van der Waals surface area contributed by atoms with Crippen molar-refractivity contribution in [2.45, 2.75) is 103 Å². The van der Waals surface area contributed by atoms with E-state index < -0.39 is 17.7 Å². The summed E-state index contributed by atoms with van der Waals surface area (Å²) < 4.78 is 5.03. The molecule has 4 rings (SSSR count). The Hall–Kier alpha value is -0.850. The normalized spacial score (nSPS) is 51.3. The maximum Gasteiger partial charge on any atom is 0.404 e. The van der Waals surface area contributed by atoms with Crippen LogP contribution in [0.2, 0.25) is 0 Å². The van der Waals surface area contributed by atoms with Gasteiger partial charge in [0, 0.05) is 5.54 Å². The van der Waals surface area contributed by atoms with E-state index >= 15 is 0 Å². The van der Waals surface area contributed by atoms with Gasteiger partial charge in [-0.2, -0.15) is 0 Å². The molecule has 6 N–H and O–H groups in total. The lowest BCUT2D eigenvalue weighted by molar-refractivity contribution is -0.215. The Balaban J connectivity index is 1.63. The molecule has 184 valence electrons. The van der Waals surface area contributed by atoms with Crippen molar-refractivity contribution >= 4 is 6.09 Å². The molecule has 6 nitrogen and oxygen atoms in total. The molecule has 1 amide bonds. The summed E-state index contributed by atoms with van der Waals surface area (Å²) in [6.45, 7) is 9.65. The fourth-order valence-corrected chi connectivity index (χ4v) is 9.73. The number of aliphatic hydroxyl groups excluding tert-OH is 2. The summed E-state index contributed by atoms with van der Waals surface area (Å²) in [5.74, 6) is 2.03. The Bertz CT molecular complexity index is 718. The first-order chi connectivity index (χ1) is 15.0.